The molecule has 0 bridgehead atoms. The average Bonchev–Trinajstić information content (AvgIpc) is 2.44. The van der Waals surface area contributed by atoms with Crippen molar-refractivity contribution in [2.24, 2.45) is 0 Å². The summed E-state index contributed by atoms with van der Waals surface area (Å²) in [6.45, 7) is 5.04. The lowest BCUT2D eigenvalue weighted by molar-refractivity contribution is 0.280. The number of hydrogen-bond acceptors (Lipinski definition) is 4. The molecular weight excluding hydrogens is 242 g/mol. The first-order valence-electron chi connectivity index (χ1n) is 5.54. The van der Waals surface area contributed by atoms with E-state index < -0.39 is 0 Å². The summed E-state index contributed by atoms with van der Waals surface area (Å²) in [5.41, 5.74) is 0.944. The Hall–Kier alpha value is -0.320. The molecule has 1 saturated heterocycles. The zero-order valence-electron chi connectivity index (χ0n) is 9.45. The van der Waals surface area contributed by atoms with Gasteiger partial charge in [-0.2, -0.15) is 11.8 Å². The largest absolute Gasteiger partial charge is 0.295 e. The van der Waals surface area contributed by atoms with Crippen LogP contribution < -0.4 is 0 Å². The van der Waals surface area contributed by atoms with Crippen LogP contribution in [0.5, 0.6) is 0 Å². The topological polar surface area (TPSA) is 29.0 Å². The molecular formula is C11H16ClN3S. The first-order valence-corrected chi connectivity index (χ1v) is 7.07. The van der Waals surface area contributed by atoms with E-state index in [9.17, 15) is 0 Å². The number of hydrogen-bond donors (Lipinski definition) is 0. The van der Waals surface area contributed by atoms with Crippen molar-refractivity contribution in [1.29, 1.82) is 0 Å². The maximum atomic E-state index is 5.93. The van der Waals surface area contributed by atoms with Gasteiger partial charge in [-0.05, 0) is 31.7 Å². The van der Waals surface area contributed by atoms with Gasteiger partial charge in [-0.25, -0.2) is 9.97 Å². The Morgan fingerprint density at radius 3 is 3.06 bits per heavy atom. The fourth-order valence-corrected chi connectivity index (χ4v) is 3.00. The molecule has 0 amide bonds. The molecule has 3 nitrogen and oxygen atoms in total. The Morgan fingerprint density at radius 1 is 1.38 bits per heavy atom. The summed E-state index contributed by atoms with van der Waals surface area (Å²) < 4.78 is 0. The van der Waals surface area contributed by atoms with Crippen LogP contribution in [0.1, 0.15) is 17.9 Å². The zero-order valence-corrected chi connectivity index (χ0v) is 11.0. The monoisotopic (exact) mass is 257 g/mol. The first-order chi connectivity index (χ1) is 7.74. The van der Waals surface area contributed by atoms with E-state index in [-0.39, 0.29) is 0 Å². The SMILES string of the molecule is Cc1cc(Cl)nc(CN2CCCSCC2)n1. The minimum Gasteiger partial charge on any atom is -0.295 e. The molecule has 1 fully saturated rings. The van der Waals surface area contributed by atoms with E-state index in [0.29, 0.717) is 5.15 Å². The van der Waals surface area contributed by atoms with Crippen LogP contribution in [0.3, 0.4) is 0 Å². The van der Waals surface area contributed by atoms with Gasteiger partial charge >= 0.3 is 0 Å². The third-order valence-corrected chi connectivity index (χ3v) is 3.79. The summed E-state index contributed by atoms with van der Waals surface area (Å²) >= 11 is 7.95. The molecule has 2 heterocycles. The molecule has 0 unspecified atom stereocenters. The van der Waals surface area contributed by atoms with Gasteiger partial charge in [0.2, 0.25) is 0 Å². The second-order valence-electron chi connectivity index (χ2n) is 3.99. The Bertz CT molecular complexity index is 331. The Morgan fingerprint density at radius 2 is 2.25 bits per heavy atom. The van der Waals surface area contributed by atoms with Crippen LogP contribution in [0.4, 0.5) is 0 Å². The summed E-state index contributed by atoms with van der Waals surface area (Å²) in [6.07, 6.45) is 1.25. The summed E-state index contributed by atoms with van der Waals surface area (Å²) in [5.74, 6) is 3.32. The molecule has 0 spiro atoms. The molecule has 2 rings (SSSR count). The van der Waals surface area contributed by atoms with Crippen LogP contribution in [-0.4, -0.2) is 39.5 Å². The number of nitrogens with zero attached hydrogens (tertiary/aromatic N) is 3. The van der Waals surface area contributed by atoms with Crippen molar-refractivity contribution < 1.29 is 0 Å². The van der Waals surface area contributed by atoms with Gasteiger partial charge in [0.1, 0.15) is 11.0 Å². The van der Waals surface area contributed by atoms with Crippen LogP contribution in [0.2, 0.25) is 5.15 Å². The Labute approximate surface area is 106 Å². The highest BCUT2D eigenvalue weighted by Gasteiger charge is 2.11. The van der Waals surface area contributed by atoms with Crippen molar-refractivity contribution in [2.45, 2.75) is 19.9 Å². The fourth-order valence-electron chi connectivity index (χ4n) is 1.82. The minimum absolute atomic E-state index is 0.548. The Kier molecular flexibility index (Phi) is 4.44. The minimum atomic E-state index is 0.548. The number of halogens is 1. The molecule has 0 aromatic carbocycles. The van der Waals surface area contributed by atoms with Gasteiger partial charge in [0.25, 0.3) is 0 Å². The van der Waals surface area contributed by atoms with E-state index in [2.05, 4.69) is 14.9 Å². The molecule has 16 heavy (non-hydrogen) atoms. The lowest BCUT2D eigenvalue weighted by Gasteiger charge is -2.18. The number of aryl methyl sites for hydroxylation is 1. The molecule has 0 atom stereocenters. The first kappa shape index (κ1) is 12.1. The van der Waals surface area contributed by atoms with Crippen molar-refractivity contribution >= 4 is 23.4 Å². The lowest BCUT2D eigenvalue weighted by atomic mass is 10.3. The van der Waals surface area contributed by atoms with Crippen LogP contribution in [-0.2, 0) is 6.54 Å². The highest BCUT2D eigenvalue weighted by Crippen LogP contribution is 2.13. The predicted octanol–water partition coefficient (Wildman–Crippen LogP) is 2.38. The number of rotatable bonds is 2. The van der Waals surface area contributed by atoms with Crippen molar-refractivity contribution in [2.75, 3.05) is 24.6 Å². The molecule has 1 aromatic rings. The maximum Gasteiger partial charge on any atom is 0.144 e. The van der Waals surface area contributed by atoms with Gasteiger partial charge in [-0.3, -0.25) is 4.90 Å². The molecule has 5 heteroatoms. The predicted molar refractivity (Wildman–Crippen MR) is 69.0 cm³/mol. The van der Waals surface area contributed by atoms with Crippen molar-refractivity contribution in [1.82, 2.24) is 14.9 Å². The van der Waals surface area contributed by atoms with E-state index in [0.717, 1.165) is 31.2 Å². The van der Waals surface area contributed by atoms with Gasteiger partial charge in [0.05, 0.1) is 6.54 Å². The molecule has 0 radical (unpaired) electrons. The standard InChI is InChI=1S/C11H16ClN3S/c1-9-7-10(12)14-11(13-9)8-15-3-2-5-16-6-4-15/h7H,2-6,8H2,1H3. The third-order valence-electron chi connectivity index (χ3n) is 2.55. The molecule has 1 aromatic heterocycles. The van der Waals surface area contributed by atoms with E-state index >= 15 is 0 Å². The normalized spacial score (nSPS) is 18.4. The van der Waals surface area contributed by atoms with E-state index in [1.54, 1.807) is 6.07 Å². The van der Waals surface area contributed by atoms with Gasteiger partial charge in [0.15, 0.2) is 0 Å². The van der Waals surface area contributed by atoms with Crippen LogP contribution >= 0.6 is 23.4 Å². The van der Waals surface area contributed by atoms with Gasteiger partial charge in [-0.1, -0.05) is 11.6 Å². The molecule has 0 N–H and O–H groups in total. The quantitative estimate of drug-likeness (QED) is 0.761. The maximum absolute atomic E-state index is 5.93. The highest BCUT2D eigenvalue weighted by atomic mass is 35.5. The number of aromatic nitrogens is 2. The molecule has 0 saturated carbocycles. The highest BCUT2D eigenvalue weighted by molar-refractivity contribution is 7.99. The molecule has 1 aliphatic heterocycles. The van der Waals surface area contributed by atoms with E-state index in [1.165, 1.54) is 17.9 Å². The van der Waals surface area contributed by atoms with Crippen molar-refractivity contribution in [3.05, 3.63) is 22.7 Å². The number of thioether (sulfide) groups is 1. The summed E-state index contributed by atoms with van der Waals surface area (Å²) in [4.78, 5) is 11.1. The smallest absolute Gasteiger partial charge is 0.144 e. The van der Waals surface area contributed by atoms with Gasteiger partial charge in [-0.15, -0.1) is 0 Å². The third kappa shape index (κ3) is 3.61. The summed E-state index contributed by atoms with van der Waals surface area (Å²) in [5, 5.41) is 0.548. The van der Waals surface area contributed by atoms with Crippen LogP contribution in [0.15, 0.2) is 6.07 Å². The van der Waals surface area contributed by atoms with Crippen molar-refractivity contribution in [3.8, 4) is 0 Å². The molecule has 1 aliphatic rings. The van der Waals surface area contributed by atoms with Crippen LogP contribution in [0.25, 0.3) is 0 Å². The Balaban J connectivity index is 2.01. The molecule has 0 aliphatic carbocycles. The zero-order chi connectivity index (χ0) is 11.4. The fraction of sp³-hybridized carbons (Fsp3) is 0.636. The second-order valence-corrected chi connectivity index (χ2v) is 5.60. The lowest BCUT2D eigenvalue weighted by Crippen LogP contribution is -2.26. The van der Waals surface area contributed by atoms with Gasteiger partial charge < -0.3 is 0 Å². The molecule has 88 valence electrons. The summed E-state index contributed by atoms with van der Waals surface area (Å²) in [6, 6.07) is 1.79. The van der Waals surface area contributed by atoms with Gasteiger partial charge in [0, 0.05) is 18.0 Å². The summed E-state index contributed by atoms with van der Waals surface area (Å²) in [7, 11) is 0. The van der Waals surface area contributed by atoms with E-state index in [4.69, 9.17) is 11.6 Å². The van der Waals surface area contributed by atoms with E-state index in [1.807, 2.05) is 18.7 Å². The van der Waals surface area contributed by atoms with Crippen LogP contribution in [0, 0.1) is 6.92 Å². The average molecular weight is 258 g/mol. The second kappa shape index (κ2) is 5.84. The van der Waals surface area contributed by atoms with Crippen molar-refractivity contribution in [3.63, 3.8) is 0 Å².